The predicted octanol–water partition coefficient (Wildman–Crippen LogP) is 1.49. The Morgan fingerprint density at radius 2 is 2.00 bits per heavy atom. The first-order valence-electron chi connectivity index (χ1n) is 6.14. The second-order valence-corrected chi connectivity index (χ2v) is 5.81. The van der Waals surface area contributed by atoms with E-state index in [2.05, 4.69) is 15.5 Å². The van der Waals surface area contributed by atoms with Crippen LogP contribution < -0.4 is 5.32 Å². The monoisotopic (exact) mass is 238 g/mol. The average molecular weight is 238 g/mol. The van der Waals surface area contributed by atoms with Crippen molar-refractivity contribution >= 4 is 11.8 Å². The highest BCUT2D eigenvalue weighted by atomic mass is 32.2. The van der Waals surface area contributed by atoms with Crippen molar-refractivity contribution in [3.63, 3.8) is 0 Å². The molecule has 1 aromatic rings. The second-order valence-electron chi connectivity index (χ2n) is 4.66. The fourth-order valence-corrected chi connectivity index (χ4v) is 3.70. The van der Waals surface area contributed by atoms with Gasteiger partial charge in [0.05, 0.1) is 0 Å². The molecule has 0 aromatic carbocycles. The minimum absolute atomic E-state index is 0.594. The van der Waals surface area contributed by atoms with Gasteiger partial charge in [0.15, 0.2) is 5.82 Å². The summed E-state index contributed by atoms with van der Waals surface area (Å²) in [5.74, 6) is 5.82. The van der Waals surface area contributed by atoms with Crippen LogP contribution in [-0.4, -0.2) is 39.8 Å². The number of piperidine rings is 1. The highest BCUT2D eigenvalue weighted by Crippen LogP contribution is 2.31. The van der Waals surface area contributed by atoms with Gasteiger partial charge in [-0.1, -0.05) is 0 Å². The van der Waals surface area contributed by atoms with E-state index in [0.29, 0.717) is 11.8 Å². The highest BCUT2D eigenvalue weighted by Gasteiger charge is 2.24. The lowest BCUT2D eigenvalue weighted by atomic mass is 9.97. The molecule has 0 saturated carbocycles. The Labute approximate surface area is 100.0 Å². The number of hydrogen-bond acceptors (Lipinski definition) is 4. The normalized spacial score (nSPS) is 27.4. The first kappa shape index (κ1) is 10.6. The van der Waals surface area contributed by atoms with Gasteiger partial charge in [-0.05, 0) is 38.1 Å². The zero-order chi connectivity index (χ0) is 10.8. The molecule has 2 fully saturated rings. The van der Waals surface area contributed by atoms with Gasteiger partial charge in [0.25, 0.3) is 0 Å². The Morgan fingerprint density at radius 1 is 1.12 bits per heavy atom. The van der Waals surface area contributed by atoms with Crippen LogP contribution in [0.5, 0.6) is 0 Å². The summed E-state index contributed by atoms with van der Waals surface area (Å²) in [5, 5.41) is 10.9. The SMILES string of the molecule is C1CC(c2nc(C3CCSC3)n[nH]2)CCN1. The second kappa shape index (κ2) is 4.75. The molecule has 1 unspecified atom stereocenters. The Kier molecular flexibility index (Phi) is 3.15. The summed E-state index contributed by atoms with van der Waals surface area (Å²) in [4.78, 5) is 4.71. The first-order valence-corrected chi connectivity index (χ1v) is 7.29. The van der Waals surface area contributed by atoms with Crippen molar-refractivity contribution < 1.29 is 0 Å². The molecule has 0 amide bonds. The number of thioether (sulfide) groups is 1. The van der Waals surface area contributed by atoms with Gasteiger partial charge in [-0.2, -0.15) is 16.9 Å². The number of hydrogen-bond donors (Lipinski definition) is 2. The highest BCUT2D eigenvalue weighted by molar-refractivity contribution is 7.99. The molecule has 5 heteroatoms. The smallest absolute Gasteiger partial charge is 0.154 e. The van der Waals surface area contributed by atoms with Crippen LogP contribution in [0.3, 0.4) is 0 Å². The van der Waals surface area contributed by atoms with Crippen molar-refractivity contribution in [1.82, 2.24) is 20.5 Å². The fraction of sp³-hybridized carbons (Fsp3) is 0.818. The molecule has 88 valence electrons. The third-order valence-electron chi connectivity index (χ3n) is 3.54. The van der Waals surface area contributed by atoms with Gasteiger partial charge in [0, 0.05) is 17.6 Å². The van der Waals surface area contributed by atoms with Crippen molar-refractivity contribution in [2.75, 3.05) is 24.6 Å². The summed E-state index contributed by atoms with van der Waals surface area (Å²) >= 11 is 2.02. The molecule has 0 bridgehead atoms. The van der Waals surface area contributed by atoms with Crippen LogP contribution in [-0.2, 0) is 0 Å². The molecule has 3 heterocycles. The molecule has 2 aliphatic rings. The van der Waals surface area contributed by atoms with E-state index >= 15 is 0 Å². The molecule has 1 atom stereocenters. The molecule has 0 spiro atoms. The summed E-state index contributed by atoms with van der Waals surface area (Å²) in [5.41, 5.74) is 0. The Balaban J connectivity index is 1.71. The van der Waals surface area contributed by atoms with Crippen LogP contribution >= 0.6 is 11.8 Å². The number of nitrogens with one attached hydrogen (secondary N) is 2. The number of aromatic amines is 1. The van der Waals surface area contributed by atoms with Crippen LogP contribution in [0.4, 0.5) is 0 Å². The Hall–Kier alpha value is -0.550. The lowest BCUT2D eigenvalue weighted by Gasteiger charge is -2.19. The molecular weight excluding hydrogens is 220 g/mol. The molecular formula is C11H18N4S. The van der Waals surface area contributed by atoms with Gasteiger partial charge < -0.3 is 5.32 Å². The molecule has 3 rings (SSSR count). The van der Waals surface area contributed by atoms with Crippen molar-refractivity contribution in [2.45, 2.75) is 31.1 Å². The van der Waals surface area contributed by atoms with E-state index < -0.39 is 0 Å². The maximum Gasteiger partial charge on any atom is 0.154 e. The van der Waals surface area contributed by atoms with Gasteiger partial charge in [-0.3, -0.25) is 5.10 Å². The largest absolute Gasteiger partial charge is 0.317 e. The van der Waals surface area contributed by atoms with Crippen LogP contribution in [0.2, 0.25) is 0 Å². The van der Waals surface area contributed by atoms with E-state index in [-0.39, 0.29) is 0 Å². The van der Waals surface area contributed by atoms with Crippen molar-refractivity contribution in [3.8, 4) is 0 Å². The minimum Gasteiger partial charge on any atom is -0.317 e. The van der Waals surface area contributed by atoms with E-state index in [1.807, 2.05) is 11.8 Å². The van der Waals surface area contributed by atoms with E-state index in [4.69, 9.17) is 4.98 Å². The van der Waals surface area contributed by atoms with Crippen molar-refractivity contribution in [3.05, 3.63) is 11.6 Å². The lowest BCUT2D eigenvalue weighted by molar-refractivity contribution is 0.445. The molecule has 4 nitrogen and oxygen atoms in total. The molecule has 2 aliphatic heterocycles. The van der Waals surface area contributed by atoms with Crippen LogP contribution in [0, 0.1) is 0 Å². The van der Waals surface area contributed by atoms with Gasteiger partial charge in [0.1, 0.15) is 5.82 Å². The van der Waals surface area contributed by atoms with E-state index in [9.17, 15) is 0 Å². The zero-order valence-electron chi connectivity index (χ0n) is 9.41. The van der Waals surface area contributed by atoms with Crippen LogP contribution in [0.15, 0.2) is 0 Å². The Morgan fingerprint density at radius 3 is 2.75 bits per heavy atom. The maximum atomic E-state index is 4.71. The molecule has 2 N–H and O–H groups in total. The van der Waals surface area contributed by atoms with Gasteiger partial charge in [-0.15, -0.1) is 0 Å². The summed E-state index contributed by atoms with van der Waals surface area (Å²) in [6, 6.07) is 0. The summed E-state index contributed by atoms with van der Waals surface area (Å²) < 4.78 is 0. The van der Waals surface area contributed by atoms with Crippen molar-refractivity contribution in [1.29, 1.82) is 0 Å². The third kappa shape index (κ3) is 2.11. The molecule has 16 heavy (non-hydrogen) atoms. The standard InChI is InChI=1S/C11H18N4S/c1-4-12-5-2-8(1)10-13-11(15-14-10)9-3-6-16-7-9/h8-9,12H,1-7H2,(H,13,14,15). The fourth-order valence-electron chi connectivity index (χ4n) is 2.49. The molecule has 2 saturated heterocycles. The van der Waals surface area contributed by atoms with Gasteiger partial charge in [-0.25, -0.2) is 4.98 Å². The summed E-state index contributed by atoms with van der Waals surface area (Å²) in [6.45, 7) is 2.22. The van der Waals surface area contributed by atoms with Crippen LogP contribution in [0.25, 0.3) is 0 Å². The van der Waals surface area contributed by atoms with E-state index in [0.717, 1.165) is 24.7 Å². The molecule has 0 radical (unpaired) electrons. The maximum absolute atomic E-state index is 4.71. The summed E-state index contributed by atoms with van der Waals surface area (Å²) in [6.07, 6.45) is 3.62. The zero-order valence-corrected chi connectivity index (χ0v) is 10.2. The van der Waals surface area contributed by atoms with Gasteiger partial charge >= 0.3 is 0 Å². The predicted molar refractivity (Wildman–Crippen MR) is 65.9 cm³/mol. The Bertz CT molecular complexity index is 340. The lowest BCUT2D eigenvalue weighted by Crippen LogP contribution is -2.27. The third-order valence-corrected chi connectivity index (χ3v) is 4.70. The number of H-pyrrole nitrogens is 1. The topological polar surface area (TPSA) is 53.6 Å². The van der Waals surface area contributed by atoms with E-state index in [1.165, 1.54) is 30.8 Å². The summed E-state index contributed by atoms with van der Waals surface area (Å²) in [7, 11) is 0. The molecule has 0 aliphatic carbocycles. The van der Waals surface area contributed by atoms with Gasteiger partial charge in [0.2, 0.25) is 0 Å². The number of rotatable bonds is 2. The van der Waals surface area contributed by atoms with Crippen LogP contribution in [0.1, 0.15) is 42.7 Å². The van der Waals surface area contributed by atoms with Crippen molar-refractivity contribution in [2.24, 2.45) is 0 Å². The minimum atomic E-state index is 0.594. The average Bonchev–Trinajstić information content (AvgIpc) is 3.01. The first-order chi connectivity index (χ1) is 7.93. The number of aromatic nitrogens is 3. The number of nitrogens with zero attached hydrogens (tertiary/aromatic N) is 2. The van der Waals surface area contributed by atoms with E-state index in [1.54, 1.807) is 0 Å². The quantitative estimate of drug-likeness (QED) is 0.819. The molecule has 1 aromatic heterocycles.